The largest absolute Gasteiger partial charge is 0.466 e. The summed E-state index contributed by atoms with van der Waals surface area (Å²) in [5.74, 6) is -0.316. The fourth-order valence-corrected chi connectivity index (χ4v) is 1.20. The molecule has 3 heteroatoms. The molecule has 1 atom stereocenters. The number of carbonyl (C=O) groups is 1. The van der Waals surface area contributed by atoms with Gasteiger partial charge in [0.1, 0.15) is 0 Å². The zero-order chi connectivity index (χ0) is 10.3. The molecular weight excluding hydrogens is 168 g/mol. The zero-order valence-electron chi connectivity index (χ0n) is 8.54. The Morgan fingerprint density at radius 2 is 2.23 bits per heavy atom. The fraction of sp³-hybridized carbons (Fsp3) is 0.700. The van der Waals surface area contributed by atoms with Gasteiger partial charge in [0.25, 0.3) is 0 Å². The number of ether oxygens (including phenoxy) is 1. The molecule has 0 aromatic rings. The molecule has 3 nitrogen and oxygen atoms in total. The van der Waals surface area contributed by atoms with Gasteiger partial charge in [0.05, 0.1) is 13.2 Å². The van der Waals surface area contributed by atoms with Gasteiger partial charge >= 0.3 is 5.97 Å². The molecule has 0 amide bonds. The second kappa shape index (κ2) is 6.66. The Hall–Kier alpha value is -0.830. The number of esters is 1. The van der Waals surface area contributed by atoms with Gasteiger partial charge in [-0.3, -0.25) is 0 Å². The lowest BCUT2D eigenvalue weighted by Gasteiger charge is -2.14. The Morgan fingerprint density at radius 1 is 1.62 bits per heavy atom. The molecule has 0 bridgehead atoms. The molecule has 0 saturated carbocycles. The summed E-state index contributed by atoms with van der Waals surface area (Å²) in [6, 6.07) is 0. The van der Waals surface area contributed by atoms with Crippen LogP contribution >= 0.6 is 0 Å². The lowest BCUT2D eigenvalue weighted by molar-refractivity contribution is -0.136. The first-order valence-corrected chi connectivity index (χ1v) is 4.71. The molecule has 0 heterocycles. The summed E-state index contributed by atoms with van der Waals surface area (Å²) in [6.45, 7) is 4.00. The van der Waals surface area contributed by atoms with E-state index in [0.717, 1.165) is 19.3 Å². The first-order valence-electron chi connectivity index (χ1n) is 4.71. The summed E-state index contributed by atoms with van der Waals surface area (Å²) in [4.78, 5) is 10.9. The van der Waals surface area contributed by atoms with Crippen LogP contribution in [0.15, 0.2) is 11.6 Å². The van der Waals surface area contributed by atoms with Crippen LogP contribution in [0.5, 0.6) is 0 Å². The number of rotatable bonds is 1. The van der Waals surface area contributed by atoms with E-state index in [-0.39, 0.29) is 5.97 Å². The Labute approximate surface area is 79.4 Å². The second-order valence-corrected chi connectivity index (χ2v) is 2.64. The molecule has 0 spiro atoms. The van der Waals surface area contributed by atoms with E-state index in [2.05, 4.69) is 4.74 Å². The lowest BCUT2D eigenvalue weighted by Crippen LogP contribution is -2.15. The van der Waals surface area contributed by atoms with Crippen molar-refractivity contribution in [3.05, 3.63) is 11.6 Å². The molecule has 1 aliphatic rings. The third-order valence-electron chi connectivity index (χ3n) is 1.79. The van der Waals surface area contributed by atoms with Crippen LogP contribution < -0.4 is 0 Å². The smallest absolute Gasteiger partial charge is 0.333 e. The molecule has 13 heavy (non-hydrogen) atoms. The Bertz CT molecular complexity index is 185. The van der Waals surface area contributed by atoms with Gasteiger partial charge in [-0.1, -0.05) is 13.8 Å². The molecule has 0 saturated heterocycles. The van der Waals surface area contributed by atoms with E-state index < -0.39 is 6.10 Å². The van der Waals surface area contributed by atoms with Gasteiger partial charge in [-0.25, -0.2) is 4.79 Å². The standard InChI is InChI=1S/C8H12O3.C2H6/c1-11-8(10)6-3-2-4-7(9)5-6;1-2/h5,7,9H,2-4H2,1H3;1-2H3. The molecule has 76 valence electrons. The number of hydrogen-bond donors (Lipinski definition) is 1. The number of carbonyl (C=O) groups excluding carboxylic acids is 1. The molecule has 1 N–H and O–H groups in total. The monoisotopic (exact) mass is 186 g/mol. The van der Waals surface area contributed by atoms with Crippen LogP contribution in [-0.2, 0) is 9.53 Å². The topological polar surface area (TPSA) is 46.5 Å². The lowest BCUT2D eigenvalue weighted by atomic mass is 9.98. The SMILES string of the molecule is CC.COC(=O)C1=CC(O)CCC1. The zero-order valence-corrected chi connectivity index (χ0v) is 8.54. The maximum Gasteiger partial charge on any atom is 0.333 e. The van der Waals surface area contributed by atoms with E-state index in [9.17, 15) is 4.79 Å². The third kappa shape index (κ3) is 4.08. The Kier molecular flexibility index (Phi) is 6.24. The molecule has 0 radical (unpaired) electrons. The van der Waals surface area contributed by atoms with E-state index in [4.69, 9.17) is 5.11 Å². The van der Waals surface area contributed by atoms with Crippen molar-refractivity contribution in [1.29, 1.82) is 0 Å². The van der Waals surface area contributed by atoms with E-state index >= 15 is 0 Å². The summed E-state index contributed by atoms with van der Waals surface area (Å²) in [7, 11) is 1.35. The van der Waals surface area contributed by atoms with Crippen LogP contribution in [0, 0.1) is 0 Å². The van der Waals surface area contributed by atoms with Gasteiger partial charge in [0, 0.05) is 5.57 Å². The van der Waals surface area contributed by atoms with Gasteiger partial charge in [-0.2, -0.15) is 0 Å². The van der Waals surface area contributed by atoms with E-state index in [1.54, 1.807) is 6.08 Å². The highest BCUT2D eigenvalue weighted by molar-refractivity contribution is 5.88. The van der Waals surface area contributed by atoms with Crippen LogP contribution in [-0.4, -0.2) is 24.3 Å². The van der Waals surface area contributed by atoms with Gasteiger partial charge in [-0.05, 0) is 25.3 Å². The van der Waals surface area contributed by atoms with Crippen molar-refractivity contribution in [1.82, 2.24) is 0 Å². The highest BCUT2D eigenvalue weighted by atomic mass is 16.5. The van der Waals surface area contributed by atoms with Crippen LogP contribution in [0.4, 0.5) is 0 Å². The first kappa shape index (κ1) is 12.2. The summed E-state index contributed by atoms with van der Waals surface area (Å²) >= 11 is 0. The molecular formula is C10H18O3. The van der Waals surface area contributed by atoms with Crippen molar-refractivity contribution in [2.45, 2.75) is 39.2 Å². The summed E-state index contributed by atoms with van der Waals surface area (Å²) in [5, 5.41) is 9.14. The van der Waals surface area contributed by atoms with Crippen molar-refractivity contribution in [3.8, 4) is 0 Å². The molecule has 0 aromatic carbocycles. The predicted molar refractivity (Wildman–Crippen MR) is 51.3 cm³/mol. The van der Waals surface area contributed by atoms with Gasteiger partial charge < -0.3 is 9.84 Å². The predicted octanol–water partition coefficient (Wildman–Crippen LogP) is 1.66. The fourth-order valence-electron chi connectivity index (χ4n) is 1.20. The number of aliphatic hydroxyl groups excluding tert-OH is 1. The van der Waals surface area contributed by atoms with Crippen molar-refractivity contribution in [2.24, 2.45) is 0 Å². The minimum absolute atomic E-state index is 0.316. The second-order valence-electron chi connectivity index (χ2n) is 2.64. The maximum absolute atomic E-state index is 10.9. The van der Waals surface area contributed by atoms with Crippen LogP contribution in [0.2, 0.25) is 0 Å². The molecule has 0 aliphatic heterocycles. The maximum atomic E-state index is 10.9. The van der Waals surface area contributed by atoms with Crippen LogP contribution in [0.1, 0.15) is 33.1 Å². The quantitative estimate of drug-likeness (QED) is 0.633. The minimum Gasteiger partial charge on any atom is -0.466 e. The molecule has 1 unspecified atom stereocenters. The summed E-state index contributed by atoms with van der Waals surface area (Å²) < 4.78 is 4.52. The van der Waals surface area contributed by atoms with E-state index in [0.29, 0.717) is 5.57 Å². The number of hydrogen-bond acceptors (Lipinski definition) is 3. The summed E-state index contributed by atoms with van der Waals surface area (Å²) in [5.41, 5.74) is 0.603. The van der Waals surface area contributed by atoms with Crippen molar-refractivity contribution >= 4 is 5.97 Å². The molecule has 0 aromatic heterocycles. The van der Waals surface area contributed by atoms with Gasteiger partial charge in [0.15, 0.2) is 0 Å². The van der Waals surface area contributed by atoms with Crippen LogP contribution in [0.3, 0.4) is 0 Å². The molecule has 1 rings (SSSR count). The summed E-state index contributed by atoms with van der Waals surface area (Å²) in [6.07, 6.45) is 3.46. The number of methoxy groups -OCH3 is 1. The highest BCUT2D eigenvalue weighted by Crippen LogP contribution is 2.18. The van der Waals surface area contributed by atoms with Crippen molar-refractivity contribution in [3.63, 3.8) is 0 Å². The van der Waals surface area contributed by atoms with E-state index in [1.165, 1.54) is 7.11 Å². The Balaban J connectivity index is 0.000000671. The van der Waals surface area contributed by atoms with Crippen LogP contribution in [0.25, 0.3) is 0 Å². The number of aliphatic hydroxyl groups is 1. The van der Waals surface area contributed by atoms with Gasteiger partial charge in [-0.15, -0.1) is 0 Å². The highest BCUT2D eigenvalue weighted by Gasteiger charge is 2.16. The van der Waals surface area contributed by atoms with Crippen molar-refractivity contribution < 1.29 is 14.6 Å². The molecule has 0 fully saturated rings. The normalized spacial score (nSPS) is 20.9. The average Bonchev–Trinajstić information content (AvgIpc) is 2.20. The molecule has 1 aliphatic carbocycles. The van der Waals surface area contributed by atoms with E-state index in [1.807, 2.05) is 13.8 Å². The van der Waals surface area contributed by atoms with Gasteiger partial charge in [0.2, 0.25) is 0 Å². The third-order valence-corrected chi connectivity index (χ3v) is 1.79. The first-order chi connectivity index (χ1) is 6.24. The Morgan fingerprint density at radius 3 is 2.69 bits per heavy atom. The average molecular weight is 186 g/mol. The minimum atomic E-state index is -0.460. The van der Waals surface area contributed by atoms with Crippen molar-refractivity contribution in [2.75, 3.05) is 7.11 Å².